The van der Waals surface area contributed by atoms with Crippen molar-refractivity contribution >= 4 is 29.3 Å². The fraction of sp³-hybridized carbons (Fsp3) is 0.250. The number of carboxylic acids is 1. The molecule has 0 aliphatic carbocycles. The highest BCUT2D eigenvalue weighted by Gasteiger charge is 2.11. The molecule has 0 saturated carbocycles. The van der Waals surface area contributed by atoms with E-state index in [1.807, 2.05) is 6.92 Å². The molecule has 100 valence electrons. The van der Waals surface area contributed by atoms with Crippen LogP contribution < -0.4 is 0 Å². The molecule has 1 aromatic carbocycles. The van der Waals surface area contributed by atoms with Gasteiger partial charge in [0.05, 0.1) is 16.3 Å². The molecule has 5 nitrogen and oxygen atoms in total. The number of hydrogen-bond acceptors (Lipinski definition) is 5. The number of aryl methyl sites for hydroxylation is 1. The monoisotopic (exact) mass is 298 g/mol. The Morgan fingerprint density at radius 3 is 2.79 bits per heavy atom. The molecular formula is C12H11ClN2O3S. The quantitative estimate of drug-likeness (QED) is 0.854. The molecular weight excluding hydrogens is 288 g/mol. The van der Waals surface area contributed by atoms with Gasteiger partial charge in [0.15, 0.2) is 0 Å². The van der Waals surface area contributed by atoms with E-state index < -0.39 is 5.97 Å². The van der Waals surface area contributed by atoms with Gasteiger partial charge in [-0.2, -0.15) is 0 Å². The zero-order valence-corrected chi connectivity index (χ0v) is 11.7. The summed E-state index contributed by atoms with van der Waals surface area (Å²) in [4.78, 5) is 11.7. The second-order valence-corrected chi connectivity index (χ2v) is 5.13. The molecule has 0 radical (unpaired) electrons. The van der Waals surface area contributed by atoms with E-state index in [9.17, 15) is 4.79 Å². The Morgan fingerprint density at radius 2 is 2.16 bits per heavy atom. The standard InChI is InChI=1S/C12H11ClN2O3S/c1-2-10-14-15-11(18-10)6-19-7-3-4-9(13)8(5-7)12(16)17/h3-5H,2,6H2,1H3,(H,16,17). The minimum Gasteiger partial charge on any atom is -0.478 e. The second kappa shape index (κ2) is 6.08. The Balaban J connectivity index is 2.07. The van der Waals surface area contributed by atoms with Crippen LogP contribution in [0, 0.1) is 0 Å². The van der Waals surface area contributed by atoms with Gasteiger partial charge in [-0.1, -0.05) is 18.5 Å². The van der Waals surface area contributed by atoms with Crippen molar-refractivity contribution in [3.63, 3.8) is 0 Å². The molecule has 1 aromatic heterocycles. The van der Waals surface area contributed by atoms with Crippen molar-refractivity contribution in [1.82, 2.24) is 10.2 Å². The van der Waals surface area contributed by atoms with E-state index in [0.29, 0.717) is 24.0 Å². The molecule has 1 heterocycles. The second-order valence-electron chi connectivity index (χ2n) is 3.68. The SMILES string of the molecule is CCc1nnc(CSc2ccc(Cl)c(C(=O)O)c2)o1. The molecule has 0 saturated heterocycles. The van der Waals surface area contributed by atoms with E-state index in [4.69, 9.17) is 21.1 Å². The molecule has 1 N–H and O–H groups in total. The third kappa shape index (κ3) is 3.48. The minimum absolute atomic E-state index is 0.0893. The first-order chi connectivity index (χ1) is 9.10. The third-order valence-electron chi connectivity index (χ3n) is 2.34. The summed E-state index contributed by atoms with van der Waals surface area (Å²) in [5.74, 6) is 0.568. The Labute approximate surface area is 119 Å². The number of thioether (sulfide) groups is 1. The molecule has 2 aromatic rings. The van der Waals surface area contributed by atoms with E-state index in [0.717, 1.165) is 4.90 Å². The van der Waals surface area contributed by atoms with Gasteiger partial charge in [0.25, 0.3) is 0 Å². The number of carbonyl (C=O) groups is 1. The van der Waals surface area contributed by atoms with Crippen molar-refractivity contribution in [2.75, 3.05) is 0 Å². The van der Waals surface area contributed by atoms with Gasteiger partial charge in [-0.05, 0) is 18.2 Å². The van der Waals surface area contributed by atoms with Crippen LogP contribution in [0.3, 0.4) is 0 Å². The van der Waals surface area contributed by atoms with Crippen LogP contribution in [0.25, 0.3) is 0 Å². The molecule has 0 bridgehead atoms. The summed E-state index contributed by atoms with van der Waals surface area (Å²) in [5.41, 5.74) is 0.0893. The molecule has 0 unspecified atom stereocenters. The fourth-order valence-corrected chi connectivity index (χ4v) is 2.36. The van der Waals surface area contributed by atoms with Crippen molar-refractivity contribution in [2.45, 2.75) is 24.0 Å². The highest BCUT2D eigenvalue weighted by Crippen LogP contribution is 2.26. The number of halogens is 1. The Bertz CT molecular complexity index is 600. The predicted molar refractivity (Wildman–Crippen MR) is 71.6 cm³/mol. The Kier molecular flexibility index (Phi) is 4.44. The average Bonchev–Trinajstić information content (AvgIpc) is 2.85. The summed E-state index contributed by atoms with van der Waals surface area (Å²) in [5, 5.41) is 17.0. The van der Waals surface area contributed by atoms with Gasteiger partial charge in [0.1, 0.15) is 0 Å². The average molecular weight is 299 g/mol. The van der Waals surface area contributed by atoms with Gasteiger partial charge in [0, 0.05) is 11.3 Å². The van der Waals surface area contributed by atoms with Crippen molar-refractivity contribution in [1.29, 1.82) is 0 Å². The number of rotatable bonds is 5. The van der Waals surface area contributed by atoms with Crippen molar-refractivity contribution in [3.05, 3.63) is 40.6 Å². The van der Waals surface area contributed by atoms with Crippen LogP contribution in [0.1, 0.15) is 29.1 Å². The summed E-state index contributed by atoms with van der Waals surface area (Å²) in [6.07, 6.45) is 0.696. The lowest BCUT2D eigenvalue weighted by Crippen LogP contribution is -1.97. The van der Waals surface area contributed by atoms with Crippen molar-refractivity contribution in [3.8, 4) is 0 Å². The third-order valence-corrected chi connectivity index (χ3v) is 3.65. The maximum absolute atomic E-state index is 11.0. The van der Waals surface area contributed by atoms with E-state index in [1.165, 1.54) is 17.8 Å². The topological polar surface area (TPSA) is 76.2 Å². The first-order valence-electron chi connectivity index (χ1n) is 5.57. The van der Waals surface area contributed by atoms with E-state index in [1.54, 1.807) is 12.1 Å². The van der Waals surface area contributed by atoms with Crippen LogP contribution in [-0.2, 0) is 12.2 Å². The molecule has 2 rings (SSSR count). The summed E-state index contributed by atoms with van der Waals surface area (Å²) >= 11 is 7.22. The van der Waals surface area contributed by atoms with Gasteiger partial charge in [-0.3, -0.25) is 0 Å². The van der Waals surface area contributed by atoms with Gasteiger partial charge in [0.2, 0.25) is 11.8 Å². The molecule has 0 amide bonds. The Hall–Kier alpha value is -1.53. The molecule has 0 aliphatic rings. The lowest BCUT2D eigenvalue weighted by Gasteiger charge is -2.02. The van der Waals surface area contributed by atoms with Crippen LogP contribution in [-0.4, -0.2) is 21.3 Å². The highest BCUT2D eigenvalue weighted by molar-refractivity contribution is 7.98. The van der Waals surface area contributed by atoms with Crippen LogP contribution in [0.2, 0.25) is 5.02 Å². The lowest BCUT2D eigenvalue weighted by molar-refractivity contribution is 0.0697. The highest BCUT2D eigenvalue weighted by atomic mass is 35.5. The van der Waals surface area contributed by atoms with E-state index in [-0.39, 0.29) is 10.6 Å². The van der Waals surface area contributed by atoms with E-state index >= 15 is 0 Å². The number of benzene rings is 1. The zero-order chi connectivity index (χ0) is 13.8. The largest absolute Gasteiger partial charge is 0.478 e. The maximum Gasteiger partial charge on any atom is 0.337 e. The van der Waals surface area contributed by atoms with Gasteiger partial charge in [-0.25, -0.2) is 4.79 Å². The molecule has 0 fully saturated rings. The normalized spacial score (nSPS) is 10.6. The first-order valence-corrected chi connectivity index (χ1v) is 6.93. The van der Waals surface area contributed by atoms with Gasteiger partial charge in [-0.15, -0.1) is 22.0 Å². The van der Waals surface area contributed by atoms with E-state index in [2.05, 4.69) is 10.2 Å². The lowest BCUT2D eigenvalue weighted by atomic mass is 10.2. The molecule has 19 heavy (non-hydrogen) atoms. The summed E-state index contributed by atoms with van der Waals surface area (Å²) in [6.45, 7) is 1.93. The number of carboxylic acid groups (broad SMARTS) is 1. The van der Waals surface area contributed by atoms with Crippen molar-refractivity contribution < 1.29 is 14.3 Å². The first kappa shape index (κ1) is 13.9. The van der Waals surface area contributed by atoms with Gasteiger partial charge < -0.3 is 9.52 Å². The zero-order valence-electron chi connectivity index (χ0n) is 10.1. The summed E-state index contributed by atoms with van der Waals surface area (Å²) in [6, 6.07) is 4.86. The summed E-state index contributed by atoms with van der Waals surface area (Å²) < 4.78 is 5.37. The molecule has 0 spiro atoms. The van der Waals surface area contributed by atoms with Crippen LogP contribution in [0.4, 0.5) is 0 Å². The number of nitrogens with zero attached hydrogens (tertiary/aromatic N) is 2. The van der Waals surface area contributed by atoms with Crippen molar-refractivity contribution in [2.24, 2.45) is 0 Å². The van der Waals surface area contributed by atoms with Crippen LogP contribution in [0.5, 0.6) is 0 Å². The predicted octanol–water partition coefficient (Wildman–Crippen LogP) is 3.28. The molecule has 0 aliphatic heterocycles. The minimum atomic E-state index is -1.04. The maximum atomic E-state index is 11.0. The number of aromatic nitrogens is 2. The molecule has 0 atom stereocenters. The smallest absolute Gasteiger partial charge is 0.337 e. The molecule has 7 heteroatoms. The van der Waals surface area contributed by atoms with Gasteiger partial charge >= 0.3 is 5.97 Å². The van der Waals surface area contributed by atoms with Crippen LogP contribution in [0.15, 0.2) is 27.5 Å². The number of aromatic carboxylic acids is 1. The fourth-order valence-electron chi connectivity index (χ4n) is 1.39. The van der Waals surface area contributed by atoms with Crippen LogP contribution >= 0.6 is 23.4 Å². The Morgan fingerprint density at radius 1 is 1.42 bits per heavy atom. The summed E-state index contributed by atoms with van der Waals surface area (Å²) in [7, 11) is 0. The number of hydrogen-bond donors (Lipinski definition) is 1.